The number of carbonyl (C=O) groups excluding carboxylic acids is 1. The van der Waals surface area contributed by atoms with Crippen LogP contribution in [0.2, 0.25) is 0 Å². The fourth-order valence-corrected chi connectivity index (χ4v) is 2.68. The quantitative estimate of drug-likeness (QED) is 0.841. The fraction of sp³-hybridized carbons (Fsp3) is 0.714. The van der Waals surface area contributed by atoms with Crippen LogP contribution in [0.1, 0.15) is 38.5 Å². The van der Waals surface area contributed by atoms with Gasteiger partial charge in [-0.05, 0) is 27.7 Å². The molecule has 2 heterocycles. The molecule has 0 atom stereocenters. The Morgan fingerprint density at radius 3 is 2.55 bits per heavy atom. The molecule has 0 radical (unpaired) electrons. The number of rotatable bonds is 2. The first kappa shape index (κ1) is 15.1. The third-order valence-corrected chi connectivity index (χ3v) is 3.76. The minimum Gasteiger partial charge on any atom is -0.467 e. The van der Waals surface area contributed by atoms with Crippen LogP contribution in [0.3, 0.4) is 0 Å². The van der Waals surface area contributed by atoms with Crippen molar-refractivity contribution in [1.29, 1.82) is 0 Å². The third kappa shape index (κ3) is 4.37. The van der Waals surface area contributed by atoms with Crippen LogP contribution >= 0.6 is 11.3 Å². The van der Waals surface area contributed by atoms with Crippen molar-refractivity contribution in [3.8, 4) is 5.19 Å². The normalized spacial score (nSPS) is 17.1. The summed E-state index contributed by atoms with van der Waals surface area (Å²) in [5.74, 6) is 0. The van der Waals surface area contributed by atoms with E-state index in [1.807, 2.05) is 33.9 Å². The van der Waals surface area contributed by atoms with Crippen molar-refractivity contribution in [2.45, 2.75) is 52.2 Å². The molecule has 1 aromatic rings. The minimum atomic E-state index is -0.442. The molecule has 112 valence electrons. The lowest BCUT2D eigenvalue weighted by Gasteiger charge is -2.33. The predicted octanol–water partition coefficient (Wildman–Crippen LogP) is 3.23. The Morgan fingerprint density at radius 1 is 1.40 bits per heavy atom. The fourth-order valence-electron chi connectivity index (χ4n) is 2.01. The van der Waals surface area contributed by atoms with Gasteiger partial charge in [-0.3, -0.25) is 0 Å². The summed E-state index contributed by atoms with van der Waals surface area (Å²) in [6.07, 6.45) is 3.35. The Hall–Kier alpha value is -1.30. The van der Waals surface area contributed by atoms with Crippen molar-refractivity contribution in [3.05, 3.63) is 11.1 Å². The maximum Gasteiger partial charge on any atom is 0.410 e. The number of likely N-dealkylation sites (tertiary alicyclic amines) is 1. The highest BCUT2D eigenvalue weighted by Gasteiger charge is 2.27. The van der Waals surface area contributed by atoms with Gasteiger partial charge >= 0.3 is 6.09 Å². The summed E-state index contributed by atoms with van der Waals surface area (Å²) in [4.78, 5) is 19.0. The maximum absolute atomic E-state index is 11.9. The highest BCUT2D eigenvalue weighted by atomic mass is 32.1. The zero-order chi connectivity index (χ0) is 14.8. The van der Waals surface area contributed by atoms with Gasteiger partial charge in [0, 0.05) is 37.0 Å². The molecule has 20 heavy (non-hydrogen) atoms. The number of amides is 1. The van der Waals surface area contributed by atoms with Crippen LogP contribution in [0, 0.1) is 6.92 Å². The summed E-state index contributed by atoms with van der Waals surface area (Å²) in [6.45, 7) is 8.99. The Kier molecular flexibility index (Phi) is 4.52. The van der Waals surface area contributed by atoms with E-state index in [2.05, 4.69) is 4.98 Å². The lowest BCUT2D eigenvalue weighted by molar-refractivity contribution is 0.0126. The molecule has 0 bridgehead atoms. The zero-order valence-corrected chi connectivity index (χ0v) is 13.3. The van der Waals surface area contributed by atoms with Crippen LogP contribution in [0.4, 0.5) is 4.79 Å². The van der Waals surface area contributed by atoms with Crippen LogP contribution < -0.4 is 4.74 Å². The summed E-state index contributed by atoms with van der Waals surface area (Å²) >= 11 is 1.56. The van der Waals surface area contributed by atoms with Gasteiger partial charge < -0.3 is 14.4 Å². The lowest BCUT2D eigenvalue weighted by atomic mass is 10.1. The summed E-state index contributed by atoms with van der Waals surface area (Å²) in [6, 6.07) is 0. The average molecular weight is 298 g/mol. The highest BCUT2D eigenvalue weighted by molar-refractivity contribution is 7.13. The van der Waals surface area contributed by atoms with Crippen LogP contribution in [0.5, 0.6) is 5.19 Å². The molecule has 1 aromatic heterocycles. The van der Waals surface area contributed by atoms with Gasteiger partial charge in [-0.1, -0.05) is 11.3 Å². The number of carbonyl (C=O) groups is 1. The molecule has 0 saturated carbocycles. The topological polar surface area (TPSA) is 51.7 Å². The molecular formula is C14H22N2O3S. The van der Waals surface area contributed by atoms with Gasteiger partial charge in [0.05, 0.1) is 0 Å². The Balaban J connectivity index is 1.79. The number of aryl methyl sites for hydroxylation is 1. The van der Waals surface area contributed by atoms with E-state index in [4.69, 9.17) is 9.47 Å². The minimum absolute atomic E-state index is 0.138. The van der Waals surface area contributed by atoms with Crippen molar-refractivity contribution >= 4 is 17.4 Å². The van der Waals surface area contributed by atoms with E-state index >= 15 is 0 Å². The van der Waals surface area contributed by atoms with Crippen molar-refractivity contribution in [2.24, 2.45) is 0 Å². The van der Waals surface area contributed by atoms with Crippen LogP contribution in [-0.4, -0.2) is 40.8 Å². The van der Waals surface area contributed by atoms with E-state index in [0.717, 1.165) is 22.9 Å². The number of aromatic nitrogens is 1. The van der Waals surface area contributed by atoms with Gasteiger partial charge in [0.1, 0.15) is 11.7 Å². The number of hydrogen-bond donors (Lipinski definition) is 0. The van der Waals surface area contributed by atoms with Crippen molar-refractivity contribution in [2.75, 3.05) is 13.1 Å². The number of hydrogen-bond acceptors (Lipinski definition) is 5. The van der Waals surface area contributed by atoms with Crippen LogP contribution in [-0.2, 0) is 4.74 Å². The number of nitrogens with zero attached hydrogens (tertiary/aromatic N) is 2. The van der Waals surface area contributed by atoms with E-state index in [1.165, 1.54) is 0 Å². The van der Waals surface area contributed by atoms with Crippen molar-refractivity contribution in [3.63, 3.8) is 0 Å². The molecular weight excluding hydrogens is 276 g/mol. The standard InChI is InChI=1S/C14H22N2O3S/c1-10-9-15-12(20-10)18-11-5-7-16(8-6-11)13(17)19-14(2,3)4/h9,11H,5-8H2,1-4H3. The molecule has 2 rings (SSSR count). The van der Waals surface area contributed by atoms with Crippen molar-refractivity contribution in [1.82, 2.24) is 9.88 Å². The molecule has 1 fully saturated rings. The summed E-state index contributed by atoms with van der Waals surface area (Å²) in [5, 5.41) is 0.721. The van der Waals surface area contributed by atoms with Crippen LogP contribution in [0.25, 0.3) is 0 Å². The molecule has 5 nitrogen and oxygen atoms in total. The van der Waals surface area contributed by atoms with Gasteiger partial charge in [0.15, 0.2) is 0 Å². The first-order valence-corrected chi connectivity index (χ1v) is 7.72. The highest BCUT2D eigenvalue weighted by Crippen LogP contribution is 2.24. The molecule has 0 N–H and O–H groups in total. The molecule has 0 aromatic carbocycles. The van der Waals surface area contributed by atoms with E-state index in [1.54, 1.807) is 16.2 Å². The molecule has 0 aliphatic carbocycles. The second kappa shape index (κ2) is 5.99. The van der Waals surface area contributed by atoms with Gasteiger partial charge in [-0.25, -0.2) is 9.78 Å². The van der Waals surface area contributed by atoms with Crippen LogP contribution in [0.15, 0.2) is 6.20 Å². The lowest BCUT2D eigenvalue weighted by Crippen LogP contribution is -2.44. The summed E-state index contributed by atoms with van der Waals surface area (Å²) in [5.41, 5.74) is -0.442. The molecule has 1 aliphatic heterocycles. The van der Waals surface area contributed by atoms with E-state index in [0.29, 0.717) is 13.1 Å². The average Bonchev–Trinajstić information content (AvgIpc) is 2.73. The van der Waals surface area contributed by atoms with Crippen molar-refractivity contribution < 1.29 is 14.3 Å². The molecule has 0 spiro atoms. The number of thiazole rings is 1. The van der Waals surface area contributed by atoms with Gasteiger partial charge in [0.25, 0.3) is 5.19 Å². The Bertz CT molecular complexity index is 459. The predicted molar refractivity (Wildman–Crippen MR) is 78.3 cm³/mol. The summed E-state index contributed by atoms with van der Waals surface area (Å²) < 4.78 is 11.2. The van der Waals surface area contributed by atoms with E-state index in [9.17, 15) is 4.79 Å². The SMILES string of the molecule is Cc1cnc(OC2CCN(C(=O)OC(C)(C)C)CC2)s1. The second-order valence-electron chi connectivity index (χ2n) is 6.02. The molecule has 1 aliphatic rings. The molecule has 0 unspecified atom stereocenters. The van der Waals surface area contributed by atoms with Gasteiger partial charge in [-0.2, -0.15) is 0 Å². The number of ether oxygens (including phenoxy) is 2. The zero-order valence-electron chi connectivity index (χ0n) is 12.5. The first-order valence-electron chi connectivity index (χ1n) is 6.90. The third-order valence-electron chi connectivity index (χ3n) is 2.96. The van der Waals surface area contributed by atoms with Gasteiger partial charge in [-0.15, -0.1) is 0 Å². The molecule has 1 amide bonds. The number of piperidine rings is 1. The second-order valence-corrected chi connectivity index (χ2v) is 7.22. The largest absolute Gasteiger partial charge is 0.467 e. The Labute approximate surface area is 123 Å². The van der Waals surface area contributed by atoms with E-state index in [-0.39, 0.29) is 12.2 Å². The monoisotopic (exact) mass is 298 g/mol. The van der Waals surface area contributed by atoms with Gasteiger partial charge in [0.2, 0.25) is 0 Å². The maximum atomic E-state index is 11.9. The summed E-state index contributed by atoms with van der Waals surface area (Å²) in [7, 11) is 0. The Morgan fingerprint density at radius 2 is 2.05 bits per heavy atom. The first-order chi connectivity index (χ1) is 9.33. The van der Waals surface area contributed by atoms with E-state index < -0.39 is 5.60 Å². The smallest absolute Gasteiger partial charge is 0.410 e. The molecule has 1 saturated heterocycles. The molecule has 6 heteroatoms.